The van der Waals surface area contributed by atoms with E-state index in [2.05, 4.69) is 5.32 Å². The molecule has 1 aliphatic rings. The van der Waals surface area contributed by atoms with Gasteiger partial charge in [-0.1, -0.05) is 35.9 Å². The number of amides is 2. The molecule has 2 amide bonds. The van der Waals surface area contributed by atoms with E-state index in [1.807, 2.05) is 36.4 Å². The first-order chi connectivity index (χ1) is 11.6. The molecule has 0 saturated heterocycles. The molecule has 5 nitrogen and oxygen atoms in total. The molecule has 0 aliphatic carbocycles. The third-order valence-electron chi connectivity index (χ3n) is 3.76. The molecule has 2 aromatic carbocycles. The van der Waals surface area contributed by atoms with Gasteiger partial charge in [-0.3, -0.25) is 14.5 Å². The number of anilines is 1. The molecule has 0 aromatic heterocycles. The van der Waals surface area contributed by atoms with Gasteiger partial charge in [0.1, 0.15) is 12.3 Å². The summed E-state index contributed by atoms with van der Waals surface area (Å²) in [6.45, 7) is 0.440. The first-order valence-electron chi connectivity index (χ1n) is 7.67. The Bertz CT molecular complexity index is 746. The van der Waals surface area contributed by atoms with Crippen LogP contribution in [-0.2, 0) is 16.0 Å². The van der Waals surface area contributed by atoms with Crippen LogP contribution in [0.3, 0.4) is 0 Å². The lowest BCUT2D eigenvalue weighted by Gasteiger charge is -2.28. The minimum Gasteiger partial charge on any atom is -0.482 e. The van der Waals surface area contributed by atoms with E-state index in [1.54, 1.807) is 12.1 Å². The number of fused-ring (bicyclic) bond motifs is 1. The summed E-state index contributed by atoms with van der Waals surface area (Å²) >= 11 is 5.84. The first-order valence-corrected chi connectivity index (χ1v) is 8.04. The van der Waals surface area contributed by atoms with Crippen molar-refractivity contribution in [2.45, 2.75) is 6.42 Å². The van der Waals surface area contributed by atoms with Gasteiger partial charge in [-0.15, -0.1) is 0 Å². The highest BCUT2D eigenvalue weighted by molar-refractivity contribution is 6.30. The molecule has 0 fully saturated rings. The van der Waals surface area contributed by atoms with Gasteiger partial charge in [0.2, 0.25) is 5.91 Å². The van der Waals surface area contributed by atoms with Crippen LogP contribution in [0.4, 0.5) is 5.69 Å². The van der Waals surface area contributed by atoms with Crippen molar-refractivity contribution in [2.75, 3.05) is 24.6 Å². The summed E-state index contributed by atoms with van der Waals surface area (Å²) in [6.07, 6.45) is 0.705. The van der Waals surface area contributed by atoms with Crippen molar-refractivity contribution in [2.24, 2.45) is 0 Å². The summed E-state index contributed by atoms with van der Waals surface area (Å²) in [7, 11) is 0. The standard InChI is InChI=1S/C18H17ClN2O3/c19-14-7-5-13(6-8-14)9-10-20-17(22)11-21-15-3-1-2-4-16(15)24-12-18(21)23/h1-8H,9-12H2,(H,20,22). The number of benzene rings is 2. The number of nitrogens with one attached hydrogen (secondary N) is 1. The highest BCUT2D eigenvalue weighted by Crippen LogP contribution is 2.31. The maximum atomic E-state index is 12.1. The van der Waals surface area contributed by atoms with Crippen LogP contribution in [0.5, 0.6) is 5.75 Å². The molecule has 6 heteroatoms. The summed E-state index contributed by atoms with van der Waals surface area (Å²) in [4.78, 5) is 25.6. The van der Waals surface area contributed by atoms with Crippen molar-refractivity contribution in [3.8, 4) is 5.75 Å². The van der Waals surface area contributed by atoms with Crippen LogP contribution in [0.15, 0.2) is 48.5 Å². The maximum absolute atomic E-state index is 12.1. The molecule has 1 N–H and O–H groups in total. The molecule has 2 aromatic rings. The number of ether oxygens (including phenoxy) is 1. The van der Waals surface area contributed by atoms with Crippen molar-refractivity contribution in [1.29, 1.82) is 0 Å². The number of rotatable bonds is 5. The van der Waals surface area contributed by atoms with Crippen LogP contribution < -0.4 is 15.0 Å². The quantitative estimate of drug-likeness (QED) is 0.906. The van der Waals surface area contributed by atoms with Gasteiger partial charge >= 0.3 is 0 Å². The zero-order chi connectivity index (χ0) is 16.9. The van der Waals surface area contributed by atoms with E-state index in [-0.39, 0.29) is 25.0 Å². The second-order valence-electron chi connectivity index (χ2n) is 5.46. The van der Waals surface area contributed by atoms with E-state index in [9.17, 15) is 9.59 Å². The van der Waals surface area contributed by atoms with Gasteiger partial charge in [0.05, 0.1) is 5.69 Å². The number of nitrogens with zero attached hydrogens (tertiary/aromatic N) is 1. The molecule has 24 heavy (non-hydrogen) atoms. The SMILES string of the molecule is O=C(CN1C(=O)COc2ccccc21)NCCc1ccc(Cl)cc1. The summed E-state index contributed by atoms with van der Waals surface area (Å²) in [5, 5.41) is 3.53. The zero-order valence-corrected chi connectivity index (χ0v) is 13.8. The fraction of sp³-hybridized carbons (Fsp3) is 0.222. The lowest BCUT2D eigenvalue weighted by atomic mass is 10.1. The highest BCUT2D eigenvalue weighted by atomic mass is 35.5. The number of hydrogen-bond acceptors (Lipinski definition) is 3. The van der Waals surface area contributed by atoms with Gasteiger partial charge in [0.25, 0.3) is 5.91 Å². The average Bonchev–Trinajstić information content (AvgIpc) is 2.59. The van der Waals surface area contributed by atoms with Crippen molar-refractivity contribution < 1.29 is 14.3 Å². The van der Waals surface area contributed by atoms with Crippen LogP contribution in [0.1, 0.15) is 5.56 Å². The van der Waals surface area contributed by atoms with E-state index in [0.29, 0.717) is 29.4 Å². The molecule has 1 heterocycles. The van der Waals surface area contributed by atoms with Crippen LogP contribution in [-0.4, -0.2) is 31.5 Å². The molecule has 0 atom stereocenters. The maximum Gasteiger partial charge on any atom is 0.265 e. The normalized spacial score (nSPS) is 13.2. The number of halogens is 1. The van der Waals surface area contributed by atoms with E-state index in [4.69, 9.17) is 16.3 Å². The van der Waals surface area contributed by atoms with Crippen molar-refractivity contribution >= 4 is 29.1 Å². The van der Waals surface area contributed by atoms with E-state index in [1.165, 1.54) is 4.90 Å². The second-order valence-corrected chi connectivity index (χ2v) is 5.90. The summed E-state index contributed by atoms with van der Waals surface area (Å²) < 4.78 is 5.36. The number of carbonyl (C=O) groups excluding carboxylic acids is 2. The number of hydrogen-bond donors (Lipinski definition) is 1. The Morgan fingerprint density at radius 3 is 2.71 bits per heavy atom. The third-order valence-corrected chi connectivity index (χ3v) is 4.01. The molecule has 0 saturated carbocycles. The molecule has 3 rings (SSSR count). The minimum atomic E-state index is -0.221. The van der Waals surface area contributed by atoms with Crippen LogP contribution in [0, 0.1) is 0 Å². The largest absolute Gasteiger partial charge is 0.482 e. The Balaban J connectivity index is 1.55. The van der Waals surface area contributed by atoms with E-state index < -0.39 is 0 Å². The van der Waals surface area contributed by atoms with Crippen molar-refractivity contribution in [1.82, 2.24) is 5.32 Å². The van der Waals surface area contributed by atoms with Gasteiger partial charge in [-0.05, 0) is 36.2 Å². The molecule has 124 valence electrons. The van der Waals surface area contributed by atoms with Gasteiger partial charge < -0.3 is 10.1 Å². The van der Waals surface area contributed by atoms with E-state index >= 15 is 0 Å². The zero-order valence-electron chi connectivity index (χ0n) is 13.0. The molecular weight excluding hydrogens is 328 g/mol. The number of carbonyl (C=O) groups is 2. The minimum absolute atomic E-state index is 0.0141. The van der Waals surface area contributed by atoms with Crippen LogP contribution in [0.2, 0.25) is 5.02 Å². The summed E-state index contributed by atoms with van der Waals surface area (Å²) in [5.41, 5.74) is 1.72. The van der Waals surface area contributed by atoms with Crippen molar-refractivity contribution in [3.63, 3.8) is 0 Å². The average molecular weight is 345 g/mol. The monoisotopic (exact) mass is 344 g/mol. The van der Waals surface area contributed by atoms with Crippen LogP contribution >= 0.6 is 11.6 Å². The number of para-hydroxylation sites is 2. The molecule has 0 spiro atoms. The van der Waals surface area contributed by atoms with Gasteiger partial charge in [0, 0.05) is 11.6 Å². The van der Waals surface area contributed by atoms with Crippen LogP contribution in [0.25, 0.3) is 0 Å². The summed E-state index contributed by atoms with van der Waals surface area (Å²) in [6, 6.07) is 14.7. The third kappa shape index (κ3) is 3.86. The Hall–Kier alpha value is -2.53. The topological polar surface area (TPSA) is 58.6 Å². The summed E-state index contributed by atoms with van der Waals surface area (Å²) in [5.74, 6) is 0.196. The first kappa shape index (κ1) is 16.3. The molecule has 0 radical (unpaired) electrons. The molecule has 0 bridgehead atoms. The van der Waals surface area contributed by atoms with Crippen molar-refractivity contribution in [3.05, 3.63) is 59.1 Å². The molecule has 0 unspecified atom stereocenters. The van der Waals surface area contributed by atoms with Gasteiger partial charge in [0.15, 0.2) is 6.61 Å². The fourth-order valence-electron chi connectivity index (χ4n) is 2.52. The Labute approximate surface area is 145 Å². The predicted octanol–water partition coefficient (Wildman–Crippen LogP) is 2.42. The molecular formula is C18H17ClN2O3. The lowest BCUT2D eigenvalue weighted by molar-refractivity contribution is -0.125. The Morgan fingerprint density at radius 1 is 1.17 bits per heavy atom. The van der Waals surface area contributed by atoms with Gasteiger partial charge in [-0.2, -0.15) is 0 Å². The smallest absolute Gasteiger partial charge is 0.265 e. The Morgan fingerprint density at radius 2 is 1.92 bits per heavy atom. The predicted molar refractivity (Wildman–Crippen MR) is 92.5 cm³/mol. The second kappa shape index (κ2) is 7.36. The fourth-order valence-corrected chi connectivity index (χ4v) is 2.65. The Kier molecular flexibility index (Phi) is 5.01. The highest BCUT2D eigenvalue weighted by Gasteiger charge is 2.26. The van der Waals surface area contributed by atoms with Gasteiger partial charge in [-0.25, -0.2) is 0 Å². The molecule has 1 aliphatic heterocycles. The lowest BCUT2D eigenvalue weighted by Crippen LogP contribution is -2.45. The van der Waals surface area contributed by atoms with E-state index in [0.717, 1.165) is 5.56 Å².